The van der Waals surface area contributed by atoms with Gasteiger partial charge in [-0.25, -0.2) is 0 Å². The molecule has 0 aliphatic carbocycles. The van der Waals surface area contributed by atoms with Gasteiger partial charge in [0.25, 0.3) is 0 Å². The lowest BCUT2D eigenvalue weighted by atomic mass is 9.96. The van der Waals surface area contributed by atoms with Crippen LogP contribution in [-0.4, -0.2) is 32.7 Å². The molecule has 0 spiro atoms. The van der Waals surface area contributed by atoms with Crippen LogP contribution in [0, 0.1) is 0 Å². The van der Waals surface area contributed by atoms with Crippen LogP contribution in [0.4, 0.5) is 5.69 Å². The van der Waals surface area contributed by atoms with Gasteiger partial charge in [-0.1, -0.05) is 25.1 Å². The largest absolute Gasteiger partial charge is 0.385 e. The number of amides is 1. The molecule has 1 unspecified atom stereocenters. The van der Waals surface area contributed by atoms with Crippen LogP contribution in [-0.2, 0) is 9.53 Å². The van der Waals surface area contributed by atoms with Crippen LogP contribution in [0.1, 0.15) is 44.2 Å². The molecule has 2 rings (SSSR count). The third-order valence-electron chi connectivity index (χ3n) is 3.93. The summed E-state index contributed by atoms with van der Waals surface area (Å²) in [7, 11) is 1.67. The van der Waals surface area contributed by atoms with Crippen molar-refractivity contribution < 1.29 is 9.53 Å². The van der Waals surface area contributed by atoms with E-state index in [1.54, 1.807) is 7.11 Å². The molecule has 1 aromatic rings. The summed E-state index contributed by atoms with van der Waals surface area (Å²) in [6.45, 7) is 4.63. The molecule has 0 bridgehead atoms. The van der Waals surface area contributed by atoms with Gasteiger partial charge in [0.1, 0.15) is 0 Å². The Labute approximate surface area is 127 Å². The molecule has 1 aliphatic heterocycles. The molecule has 1 aromatic carbocycles. The number of benzene rings is 1. The van der Waals surface area contributed by atoms with Crippen LogP contribution >= 0.6 is 0 Å². The number of hydrogen-bond donors (Lipinski definition) is 1. The fraction of sp³-hybridized carbons (Fsp3) is 0.588. The first-order chi connectivity index (χ1) is 10.3. The lowest BCUT2D eigenvalue weighted by molar-refractivity contribution is -0.119. The van der Waals surface area contributed by atoms with E-state index in [2.05, 4.69) is 30.4 Å². The highest BCUT2D eigenvalue weighted by atomic mass is 16.5. The summed E-state index contributed by atoms with van der Waals surface area (Å²) in [6, 6.07) is 8.62. The zero-order valence-electron chi connectivity index (χ0n) is 13.1. The topological polar surface area (TPSA) is 41.6 Å². The van der Waals surface area contributed by atoms with Crippen LogP contribution in [0.2, 0.25) is 0 Å². The van der Waals surface area contributed by atoms with Crippen molar-refractivity contribution >= 4 is 11.6 Å². The third kappa shape index (κ3) is 4.05. The van der Waals surface area contributed by atoms with E-state index in [-0.39, 0.29) is 5.91 Å². The van der Waals surface area contributed by atoms with Crippen molar-refractivity contribution in [3.8, 4) is 0 Å². The molecule has 1 atom stereocenters. The Bertz CT molecular complexity index is 462. The van der Waals surface area contributed by atoms with E-state index in [0.29, 0.717) is 19.1 Å². The highest BCUT2D eigenvalue weighted by Gasteiger charge is 2.27. The second-order valence-electron chi connectivity index (χ2n) is 5.50. The average molecular weight is 290 g/mol. The number of para-hydroxylation sites is 1. The maximum atomic E-state index is 12.4. The molecule has 4 heteroatoms. The number of fused-ring (bicyclic) bond motifs is 1. The van der Waals surface area contributed by atoms with E-state index in [0.717, 1.165) is 38.0 Å². The summed E-state index contributed by atoms with van der Waals surface area (Å²) in [5.41, 5.74) is 2.32. The van der Waals surface area contributed by atoms with Gasteiger partial charge in [0.05, 0.1) is 0 Å². The zero-order chi connectivity index (χ0) is 15.1. The van der Waals surface area contributed by atoms with Gasteiger partial charge in [0.15, 0.2) is 0 Å². The van der Waals surface area contributed by atoms with Crippen LogP contribution < -0.4 is 10.2 Å². The summed E-state index contributed by atoms with van der Waals surface area (Å²) >= 11 is 0. The Kier molecular flexibility index (Phi) is 6.21. The minimum atomic E-state index is 0.202. The number of nitrogens with one attached hydrogen (secondary N) is 1. The number of carbonyl (C=O) groups is 1. The normalized spacial score (nSPS) is 17.6. The van der Waals surface area contributed by atoms with Gasteiger partial charge in [-0.15, -0.1) is 0 Å². The van der Waals surface area contributed by atoms with Crippen LogP contribution in [0.5, 0.6) is 0 Å². The monoisotopic (exact) mass is 290 g/mol. The van der Waals surface area contributed by atoms with Crippen LogP contribution in [0.25, 0.3) is 0 Å². The van der Waals surface area contributed by atoms with E-state index >= 15 is 0 Å². The van der Waals surface area contributed by atoms with E-state index < -0.39 is 0 Å². The Hall–Kier alpha value is -1.39. The minimum Gasteiger partial charge on any atom is -0.385 e. The maximum Gasteiger partial charge on any atom is 0.227 e. The van der Waals surface area contributed by atoms with Gasteiger partial charge < -0.3 is 15.0 Å². The highest BCUT2D eigenvalue weighted by Crippen LogP contribution is 2.34. The summed E-state index contributed by atoms with van der Waals surface area (Å²) in [6.07, 6.45) is 3.44. The molecule has 116 valence electrons. The molecule has 1 N–H and O–H groups in total. The minimum absolute atomic E-state index is 0.202. The lowest BCUT2D eigenvalue weighted by Crippen LogP contribution is -2.39. The molecule has 0 radical (unpaired) electrons. The smallest absolute Gasteiger partial charge is 0.227 e. The van der Waals surface area contributed by atoms with Gasteiger partial charge >= 0.3 is 0 Å². The second-order valence-corrected chi connectivity index (χ2v) is 5.50. The lowest BCUT2D eigenvalue weighted by Gasteiger charge is -2.35. The van der Waals surface area contributed by atoms with Crippen LogP contribution in [0.3, 0.4) is 0 Å². The zero-order valence-corrected chi connectivity index (χ0v) is 13.1. The molecule has 4 nitrogen and oxygen atoms in total. The van der Waals surface area contributed by atoms with Gasteiger partial charge in [0.2, 0.25) is 5.91 Å². The van der Waals surface area contributed by atoms with E-state index in [9.17, 15) is 4.79 Å². The van der Waals surface area contributed by atoms with Gasteiger partial charge in [-0.3, -0.25) is 4.79 Å². The molecule has 0 saturated carbocycles. The summed E-state index contributed by atoms with van der Waals surface area (Å²) in [5.74, 6) is 0.202. The number of hydrogen-bond acceptors (Lipinski definition) is 3. The summed E-state index contributed by atoms with van der Waals surface area (Å²) in [4.78, 5) is 14.3. The van der Waals surface area contributed by atoms with E-state index in [1.807, 2.05) is 11.0 Å². The Morgan fingerprint density at radius 3 is 3.00 bits per heavy atom. The number of methoxy groups -OCH3 is 1. The molecule has 0 saturated heterocycles. The maximum absolute atomic E-state index is 12.4. The van der Waals surface area contributed by atoms with Crippen molar-refractivity contribution in [2.45, 2.75) is 38.6 Å². The predicted molar refractivity (Wildman–Crippen MR) is 85.6 cm³/mol. The Morgan fingerprint density at radius 2 is 2.24 bits per heavy atom. The van der Waals surface area contributed by atoms with E-state index in [1.165, 1.54) is 5.56 Å². The number of carbonyl (C=O) groups excluding carboxylic acids is 1. The first kappa shape index (κ1) is 16.0. The molecular formula is C17H26N2O2. The summed E-state index contributed by atoms with van der Waals surface area (Å²) < 4.78 is 5.03. The molecular weight excluding hydrogens is 264 g/mol. The van der Waals surface area contributed by atoms with Gasteiger partial charge in [-0.05, 0) is 37.4 Å². The SMILES string of the molecule is CCCNC1CCN(C(=O)CCCOC)c2ccccc21. The first-order valence-electron chi connectivity index (χ1n) is 7.89. The fourth-order valence-electron chi connectivity index (χ4n) is 2.85. The summed E-state index contributed by atoms with van der Waals surface area (Å²) in [5, 5.41) is 3.58. The second kappa shape index (κ2) is 8.15. The van der Waals surface area contributed by atoms with Gasteiger partial charge in [0, 0.05) is 38.4 Å². The molecule has 0 fully saturated rings. The highest BCUT2D eigenvalue weighted by molar-refractivity contribution is 5.94. The Morgan fingerprint density at radius 1 is 1.43 bits per heavy atom. The van der Waals surface area contributed by atoms with E-state index in [4.69, 9.17) is 4.74 Å². The number of nitrogens with zero attached hydrogens (tertiary/aromatic N) is 1. The van der Waals surface area contributed by atoms with Gasteiger partial charge in [-0.2, -0.15) is 0 Å². The van der Waals surface area contributed by atoms with Crippen molar-refractivity contribution in [3.05, 3.63) is 29.8 Å². The van der Waals surface area contributed by atoms with Crippen molar-refractivity contribution in [1.29, 1.82) is 0 Å². The first-order valence-corrected chi connectivity index (χ1v) is 7.89. The van der Waals surface area contributed by atoms with Crippen molar-refractivity contribution in [2.24, 2.45) is 0 Å². The van der Waals surface area contributed by atoms with Crippen LogP contribution in [0.15, 0.2) is 24.3 Å². The molecule has 1 amide bonds. The van der Waals surface area contributed by atoms with Crippen molar-refractivity contribution in [3.63, 3.8) is 0 Å². The molecule has 21 heavy (non-hydrogen) atoms. The third-order valence-corrected chi connectivity index (χ3v) is 3.93. The Balaban J connectivity index is 2.09. The van der Waals surface area contributed by atoms with Crippen molar-refractivity contribution in [1.82, 2.24) is 5.32 Å². The molecule has 0 aromatic heterocycles. The average Bonchev–Trinajstić information content (AvgIpc) is 2.52. The quantitative estimate of drug-likeness (QED) is 0.785. The predicted octanol–water partition coefficient (Wildman–Crippen LogP) is 2.89. The standard InChI is InChI=1S/C17H26N2O2/c1-3-11-18-15-10-12-19(17(20)9-6-13-21-2)16-8-5-4-7-14(15)16/h4-5,7-8,15,18H,3,6,9-13H2,1-2H3. The molecule has 1 aliphatic rings. The van der Waals surface area contributed by atoms with Crippen molar-refractivity contribution in [2.75, 3.05) is 31.7 Å². The number of rotatable bonds is 7. The fourth-order valence-corrected chi connectivity index (χ4v) is 2.85. The number of anilines is 1. The number of ether oxygens (including phenoxy) is 1. The molecule has 1 heterocycles.